The van der Waals surface area contributed by atoms with Crippen molar-refractivity contribution in [1.29, 1.82) is 0 Å². The number of hydrogen-bond donors (Lipinski definition) is 1. The first-order valence-electron chi connectivity index (χ1n) is 5.07. The largest absolute Gasteiger partial charge is 0.304 e. The van der Waals surface area contributed by atoms with Gasteiger partial charge in [0.05, 0.1) is 6.61 Å². The van der Waals surface area contributed by atoms with Crippen LogP contribution in [0.4, 0.5) is 0 Å². The third-order valence-corrected chi connectivity index (χ3v) is 2.17. The summed E-state index contributed by atoms with van der Waals surface area (Å²) in [6.45, 7) is 6.30. The van der Waals surface area contributed by atoms with Crippen LogP contribution in [0, 0.1) is 5.92 Å². The second-order valence-corrected chi connectivity index (χ2v) is 3.96. The van der Waals surface area contributed by atoms with Crippen molar-refractivity contribution in [2.75, 3.05) is 20.7 Å². The van der Waals surface area contributed by atoms with Gasteiger partial charge >= 0.3 is 0 Å². The van der Waals surface area contributed by atoms with Crippen LogP contribution in [0.1, 0.15) is 27.2 Å². The van der Waals surface area contributed by atoms with E-state index in [0.29, 0.717) is 12.6 Å². The molecule has 1 amide bonds. The number of rotatable bonds is 6. The van der Waals surface area contributed by atoms with Crippen molar-refractivity contribution in [3.8, 4) is 0 Å². The quantitative estimate of drug-likeness (QED) is 0.654. The van der Waals surface area contributed by atoms with Crippen LogP contribution in [-0.4, -0.2) is 37.6 Å². The monoisotopic (exact) mass is 202 g/mol. The third-order valence-electron chi connectivity index (χ3n) is 2.17. The van der Waals surface area contributed by atoms with Crippen molar-refractivity contribution in [2.24, 2.45) is 5.92 Å². The lowest BCUT2D eigenvalue weighted by Crippen LogP contribution is -2.36. The summed E-state index contributed by atoms with van der Waals surface area (Å²) in [4.78, 5) is 18.3. The maximum Gasteiger partial charge on any atom is 0.246 e. The second kappa shape index (κ2) is 6.79. The summed E-state index contributed by atoms with van der Waals surface area (Å²) < 4.78 is 0. The van der Waals surface area contributed by atoms with Gasteiger partial charge in [-0.25, -0.2) is 5.48 Å². The Morgan fingerprint density at radius 3 is 2.36 bits per heavy atom. The van der Waals surface area contributed by atoms with Gasteiger partial charge in [0.25, 0.3) is 0 Å². The minimum atomic E-state index is -0.0707. The average Bonchev–Trinajstić information content (AvgIpc) is 2.11. The van der Waals surface area contributed by atoms with Crippen LogP contribution >= 0.6 is 0 Å². The summed E-state index contributed by atoms with van der Waals surface area (Å²) in [6, 6.07) is 0.350. The number of amides is 1. The number of nitrogens with one attached hydrogen (secondary N) is 1. The van der Waals surface area contributed by atoms with Crippen LogP contribution in [0.2, 0.25) is 0 Å². The molecule has 84 valence electrons. The van der Waals surface area contributed by atoms with Gasteiger partial charge in [-0.05, 0) is 20.5 Å². The Bertz CT molecular complexity index is 170. The average molecular weight is 202 g/mol. The molecule has 0 radical (unpaired) electrons. The molecule has 0 heterocycles. The number of carbonyl (C=O) groups excluding carboxylic acids is 1. The first-order chi connectivity index (χ1) is 6.49. The summed E-state index contributed by atoms with van der Waals surface area (Å²) in [5, 5.41) is 0. The maximum atomic E-state index is 11.1. The highest BCUT2D eigenvalue weighted by molar-refractivity contribution is 5.76. The van der Waals surface area contributed by atoms with E-state index in [9.17, 15) is 4.79 Å². The van der Waals surface area contributed by atoms with Gasteiger partial charge in [0, 0.05) is 12.0 Å². The molecule has 0 aliphatic heterocycles. The van der Waals surface area contributed by atoms with Crippen molar-refractivity contribution in [2.45, 2.75) is 33.2 Å². The predicted octanol–water partition coefficient (Wildman–Crippen LogP) is 1.03. The molecule has 0 aliphatic carbocycles. The van der Waals surface area contributed by atoms with E-state index < -0.39 is 0 Å². The van der Waals surface area contributed by atoms with E-state index in [4.69, 9.17) is 4.84 Å². The Morgan fingerprint density at radius 2 is 2.00 bits per heavy atom. The standard InChI is InChI=1S/C10H22N2O2/c1-6-9(12(4)5)7-14-11-10(13)8(2)3/h8-9H,6-7H2,1-5H3,(H,11,13). The molecule has 1 unspecified atom stereocenters. The molecule has 0 rings (SSSR count). The molecule has 0 saturated heterocycles. The van der Waals surface area contributed by atoms with E-state index in [0.717, 1.165) is 6.42 Å². The highest BCUT2D eigenvalue weighted by atomic mass is 16.7. The van der Waals surface area contributed by atoms with Crippen molar-refractivity contribution >= 4 is 5.91 Å². The Hall–Kier alpha value is -0.610. The van der Waals surface area contributed by atoms with Crippen molar-refractivity contribution in [3.63, 3.8) is 0 Å². The predicted molar refractivity (Wildman–Crippen MR) is 56.7 cm³/mol. The number of hydrogen-bond acceptors (Lipinski definition) is 3. The normalized spacial score (nSPS) is 13.4. The fraction of sp³-hybridized carbons (Fsp3) is 0.900. The van der Waals surface area contributed by atoms with Gasteiger partial charge in [-0.1, -0.05) is 20.8 Å². The lowest BCUT2D eigenvalue weighted by atomic mass is 10.2. The number of hydroxylamine groups is 1. The molecular weight excluding hydrogens is 180 g/mol. The molecule has 0 aromatic rings. The zero-order valence-electron chi connectivity index (χ0n) is 9.83. The Balaban J connectivity index is 3.66. The fourth-order valence-corrected chi connectivity index (χ4v) is 0.959. The van der Waals surface area contributed by atoms with Crippen LogP contribution in [0.15, 0.2) is 0 Å². The van der Waals surface area contributed by atoms with Gasteiger partial charge in [0.1, 0.15) is 0 Å². The number of likely N-dealkylation sites (N-methyl/N-ethyl adjacent to an activating group) is 1. The molecular formula is C10H22N2O2. The van der Waals surface area contributed by atoms with Gasteiger partial charge < -0.3 is 4.90 Å². The molecule has 1 atom stereocenters. The van der Waals surface area contributed by atoms with Gasteiger partial charge in [-0.2, -0.15) is 0 Å². The Morgan fingerprint density at radius 1 is 1.43 bits per heavy atom. The van der Waals surface area contributed by atoms with E-state index in [2.05, 4.69) is 17.3 Å². The molecule has 0 saturated carbocycles. The number of nitrogens with zero attached hydrogens (tertiary/aromatic N) is 1. The van der Waals surface area contributed by atoms with Gasteiger partial charge in [-0.15, -0.1) is 0 Å². The van der Waals surface area contributed by atoms with Gasteiger partial charge in [-0.3, -0.25) is 9.63 Å². The topological polar surface area (TPSA) is 41.6 Å². The van der Waals surface area contributed by atoms with Crippen molar-refractivity contribution in [3.05, 3.63) is 0 Å². The third kappa shape index (κ3) is 5.19. The van der Waals surface area contributed by atoms with E-state index in [1.165, 1.54) is 0 Å². The van der Waals surface area contributed by atoms with Gasteiger partial charge in [0.15, 0.2) is 0 Å². The maximum absolute atomic E-state index is 11.1. The molecule has 0 spiro atoms. The summed E-state index contributed by atoms with van der Waals surface area (Å²) in [7, 11) is 4.00. The highest BCUT2D eigenvalue weighted by Gasteiger charge is 2.11. The van der Waals surface area contributed by atoms with Crippen LogP contribution in [0.25, 0.3) is 0 Å². The lowest BCUT2D eigenvalue weighted by molar-refractivity contribution is -0.138. The minimum absolute atomic E-state index is 0.0329. The van der Waals surface area contributed by atoms with E-state index in [1.807, 2.05) is 27.9 Å². The Labute approximate surface area is 86.6 Å². The van der Waals surface area contributed by atoms with Gasteiger partial charge in [0.2, 0.25) is 5.91 Å². The number of carbonyl (C=O) groups is 1. The summed E-state index contributed by atoms with van der Waals surface area (Å²) in [6.07, 6.45) is 1.00. The first-order valence-corrected chi connectivity index (χ1v) is 5.07. The molecule has 1 N–H and O–H groups in total. The van der Waals surface area contributed by atoms with E-state index >= 15 is 0 Å². The summed E-state index contributed by atoms with van der Waals surface area (Å²) in [5.74, 6) is -0.104. The smallest absolute Gasteiger partial charge is 0.246 e. The second-order valence-electron chi connectivity index (χ2n) is 3.96. The zero-order valence-corrected chi connectivity index (χ0v) is 9.83. The van der Waals surface area contributed by atoms with Crippen LogP contribution in [0.3, 0.4) is 0 Å². The molecule has 0 aromatic heterocycles. The van der Waals surface area contributed by atoms with E-state index in [1.54, 1.807) is 0 Å². The molecule has 0 bridgehead atoms. The molecule has 0 aromatic carbocycles. The first kappa shape index (κ1) is 13.4. The van der Waals surface area contributed by atoms with E-state index in [-0.39, 0.29) is 11.8 Å². The zero-order chi connectivity index (χ0) is 11.1. The summed E-state index contributed by atoms with van der Waals surface area (Å²) in [5.41, 5.74) is 2.44. The van der Waals surface area contributed by atoms with Crippen LogP contribution in [-0.2, 0) is 9.63 Å². The lowest BCUT2D eigenvalue weighted by Gasteiger charge is -2.22. The molecule has 4 nitrogen and oxygen atoms in total. The van der Waals surface area contributed by atoms with Crippen molar-refractivity contribution in [1.82, 2.24) is 10.4 Å². The minimum Gasteiger partial charge on any atom is -0.304 e. The fourth-order valence-electron chi connectivity index (χ4n) is 0.959. The molecule has 0 fully saturated rings. The SMILES string of the molecule is CCC(CONC(=O)C(C)C)N(C)C. The molecule has 4 heteroatoms. The van der Waals surface area contributed by atoms with Crippen molar-refractivity contribution < 1.29 is 9.63 Å². The molecule has 14 heavy (non-hydrogen) atoms. The molecule has 0 aliphatic rings. The van der Waals surface area contributed by atoms with Crippen LogP contribution < -0.4 is 5.48 Å². The summed E-state index contributed by atoms with van der Waals surface area (Å²) >= 11 is 0. The highest BCUT2D eigenvalue weighted by Crippen LogP contribution is 1.99. The van der Waals surface area contributed by atoms with Crippen LogP contribution in [0.5, 0.6) is 0 Å². The Kier molecular flexibility index (Phi) is 6.49.